The molecule has 0 heterocycles. The van der Waals surface area contributed by atoms with Crippen molar-refractivity contribution < 1.29 is 23.6 Å². The molecule has 1 amide bonds. The van der Waals surface area contributed by atoms with Crippen LogP contribution < -0.4 is 10.4 Å². The van der Waals surface area contributed by atoms with E-state index in [1.54, 1.807) is 21.0 Å². The van der Waals surface area contributed by atoms with E-state index in [9.17, 15) is 19.1 Å². The van der Waals surface area contributed by atoms with Gasteiger partial charge in [0.15, 0.2) is 0 Å². The number of carboxylic acids is 1. The highest BCUT2D eigenvalue weighted by molar-refractivity contribution is 5.75. The second-order valence-electron chi connectivity index (χ2n) is 5.44. The summed E-state index contributed by atoms with van der Waals surface area (Å²) in [6.45, 7) is 2.82. The summed E-state index contributed by atoms with van der Waals surface area (Å²) in [5.74, 6) is -1.23. The van der Waals surface area contributed by atoms with Crippen molar-refractivity contribution in [3.63, 3.8) is 0 Å². The maximum atomic E-state index is 12.9. The third kappa shape index (κ3) is 10.4. The van der Waals surface area contributed by atoms with Gasteiger partial charge in [-0.25, -0.2) is 4.39 Å². The van der Waals surface area contributed by atoms with Gasteiger partial charge in [-0.3, -0.25) is 4.79 Å². The van der Waals surface area contributed by atoms with E-state index < -0.39 is 12.1 Å². The summed E-state index contributed by atoms with van der Waals surface area (Å²) in [5.41, 5.74) is 0. The second kappa shape index (κ2) is 8.85. The van der Waals surface area contributed by atoms with Crippen LogP contribution in [0.2, 0.25) is 0 Å². The van der Waals surface area contributed by atoms with Crippen molar-refractivity contribution in [3.8, 4) is 0 Å². The Morgan fingerprint density at radius 3 is 2.53 bits per heavy atom. The zero-order valence-electron chi connectivity index (χ0n) is 12.1. The quantitative estimate of drug-likeness (QED) is 0.445. The van der Waals surface area contributed by atoms with Crippen molar-refractivity contribution >= 4 is 11.9 Å². The van der Waals surface area contributed by atoms with Gasteiger partial charge >= 0.3 is 0 Å². The first-order valence-corrected chi connectivity index (χ1v) is 6.69. The topological polar surface area (TPSA) is 69.2 Å². The first kappa shape index (κ1) is 17.8. The molecule has 0 aliphatic rings. The molecule has 0 aromatic heterocycles. The summed E-state index contributed by atoms with van der Waals surface area (Å²) >= 11 is 0. The van der Waals surface area contributed by atoms with Crippen LogP contribution >= 0.6 is 0 Å². The molecule has 0 fully saturated rings. The van der Waals surface area contributed by atoms with Crippen molar-refractivity contribution in [2.75, 3.05) is 33.7 Å². The number of alkyl halides is 1. The molecule has 0 aliphatic heterocycles. The van der Waals surface area contributed by atoms with Gasteiger partial charge in [0, 0.05) is 19.4 Å². The van der Waals surface area contributed by atoms with E-state index in [1.165, 1.54) is 0 Å². The number of quaternary nitrogens is 1. The van der Waals surface area contributed by atoms with Crippen LogP contribution in [0.5, 0.6) is 0 Å². The van der Waals surface area contributed by atoms with Gasteiger partial charge in [-0.05, 0) is 12.8 Å². The Bertz CT molecular complexity index is 296. The van der Waals surface area contributed by atoms with Gasteiger partial charge in [-0.1, -0.05) is 6.92 Å². The van der Waals surface area contributed by atoms with Crippen LogP contribution in [0.1, 0.15) is 32.6 Å². The molecule has 0 aliphatic carbocycles. The molecule has 0 aromatic carbocycles. The first-order valence-electron chi connectivity index (χ1n) is 6.69. The normalized spacial score (nSPS) is 13.1. The summed E-state index contributed by atoms with van der Waals surface area (Å²) in [5, 5.41) is 13.2. The van der Waals surface area contributed by atoms with E-state index in [0.29, 0.717) is 30.4 Å². The lowest BCUT2D eigenvalue weighted by Gasteiger charge is -2.30. The molecule has 0 radical (unpaired) electrons. The minimum atomic E-state index is -1.08. The Morgan fingerprint density at radius 2 is 2.00 bits per heavy atom. The van der Waals surface area contributed by atoms with E-state index in [1.807, 2.05) is 0 Å². The lowest BCUT2D eigenvalue weighted by atomic mass is 10.1. The number of halogens is 1. The molecular weight excluding hydrogens is 251 g/mol. The van der Waals surface area contributed by atoms with Crippen molar-refractivity contribution in [1.82, 2.24) is 5.32 Å². The maximum Gasteiger partial charge on any atom is 0.220 e. The van der Waals surface area contributed by atoms with E-state index in [0.717, 1.165) is 0 Å². The molecule has 112 valence electrons. The van der Waals surface area contributed by atoms with Gasteiger partial charge in [0.25, 0.3) is 0 Å². The lowest BCUT2D eigenvalue weighted by Crippen LogP contribution is -2.49. The van der Waals surface area contributed by atoms with Crippen LogP contribution in [0, 0.1) is 0 Å². The van der Waals surface area contributed by atoms with E-state index in [2.05, 4.69) is 5.32 Å². The Hall–Kier alpha value is -1.17. The molecule has 0 saturated heterocycles. The molecule has 1 atom stereocenters. The molecule has 0 bridgehead atoms. The highest BCUT2D eigenvalue weighted by Gasteiger charge is 2.14. The summed E-state index contributed by atoms with van der Waals surface area (Å²) in [7, 11) is 3.60. The van der Waals surface area contributed by atoms with Crippen LogP contribution in [-0.4, -0.2) is 56.3 Å². The summed E-state index contributed by atoms with van der Waals surface area (Å²) in [4.78, 5) is 21.9. The number of hydrogen-bond donors (Lipinski definition) is 1. The Kier molecular flexibility index (Phi) is 8.30. The molecule has 0 saturated carbocycles. The van der Waals surface area contributed by atoms with Crippen molar-refractivity contribution in [2.24, 2.45) is 0 Å². The number of aliphatic carboxylic acids is 1. The van der Waals surface area contributed by atoms with Crippen LogP contribution in [0.3, 0.4) is 0 Å². The third-order valence-electron chi connectivity index (χ3n) is 2.95. The Morgan fingerprint density at radius 1 is 1.37 bits per heavy atom. The molecule has 0 aromatic rings. The predicted molar refractivity (Wildman–Crippen MR) is 68.9 cm³/mol. The zero-order chi connectivity index (χ0) is 14.9. The van der Waals surface area contributed by atoms with Gasteiger partial charge in [0.2, 0.25) is 5.91 Å². The minimum Gasteiger partial charge on any atom is -0.544 e. The number of carbonyl (C=O) groups excluding carboxylic acids is 2. The van der Waals surface area contributed by atoms with E-state index >= 15 is 0 Å². The number of hydrogen-bond acceptors (Lipinski definition) is 3. The number of likely N-dealkylation sites (N-methyl/N-ethyl adjacent to an activating group) is 1. The largest absolute Gasteiger partial charge is 0.544 e. The fraction of sp³-hybridized carbons (Fsp3) is 0.846. The standard InChI is InChI=1S/C13H25FN2O3/c1-4-11(14)6-7-12(17)15-8-5-9-16(2,3)10-13(18)19/h11H,4-10H2,1-3H3,(H-,15,17,18,19). The molecule has 19 heavy (non-hydrogen) atoms. The fourth-order valence-electron chi connectivity index (χ4n) is 1.74. The van der Waals surface area contributed by atoms with Crippen molar-refractivity contribution in [2.45, 2.75) is 38.8 Å². The Labute approximate surface area is 114 Å². The molecule has 1 N–H and O–H groups in total. The maximum absolute atomic E-state index is 12.9. The highest BCUT2D eigenvalue weighted by Crippen LogP contribution is 2.05. The third-order valence-corrected chi connectivity index (χ3v) is 2.95. The van der Waals surface area contributed by atoms with Crippen molar-refractivity contribution in [3.05, 3.63) is 0 Å². The molecule has 1 unspecified atom stereocenters. The zero-order valence-corrected chi connectivity index (χ0v) is 12.1. The number of carboxylic acid groups (broad SMARTS) is 1. The van der Waals surface area contributed by atoms with Crippen molar-refractivity contribution in [1.29, 1.82) is 0 Å². The van der Waals surface area contributed by atoms with E-state index in [-0.39, 0.29) is 25.3 Å². The fourth-order valence-corrected chi connectivity index (χ4v) is 1.74. The number of amides is 1. The van der Waals surface area contributed by atoms with Gasteiger partial charge in [0.05, 0.1) is 26.6 Å². The molecular formula is C13H25FN2O3. The van der Waals surface area contributed by atoms with Gasteiger partial charge in [-0.15, -0.1) is 0 Å². The second-order valence-corrected chi connectivity index (χ2v) is 5.44. The molecule has 0 spiro atoms. The SMILES string of the molecule is CCC(F)CCC(=O)NCCC[N+](C)(C)CC(=O)[O-]. The summed E-state index contributed by atoms with van der Waals surface area (Å²) in [6.07, 6.45) is 0.659. The number of rotatable bonds is 10. The van der Waals surface area contributed by atoms with Gasteiger partial charge in [0.1, 0.15) is 12.7 Å². The van der Waals surface area contributed by atoms with Gasteiger partial charge in [-0.2, -0.15) is 0 Å². The predicted octanol–water partition coefficient (Wildman–Crippen LogP) is -0.153. The molecule has 6 heteroatoms. The number of carbonyl (C=O) groups is 2. The minimum absolute atomic E-state index is 0.0476. The summed E-state index contributed by atoms with van der Waals surface area (Å²) in [6, 6.07) is 0. The molecule has 5 nitrogen and oxygen atoms in total. The lowest BCUT2D eigenvalue weighted by molar-refractivity contribution is -0.884. The average molecular weight is 276 g/mol. The monoisotopic (exact) mass is 276 g/mol. The number of nitrogens with zero attached hydrogens (tertiary/aromatic N) is 1. The van der Waals surface area contributed by atoms with Crippen LogP contribution in [0.25, 0.3) is 0 Å². The molecule has 0 rings (SSSR count). The van der Waals surface area contributed by atoms with Crippen LogP contribution in [0.15, 0.2) is 0 Å². The summed E-state index contributed by atoms with van der Waals surface area (Å²) < 4.78 is 13.2. The highest BCUT2D eigenvalue weighted by atomic mass is 19.1. The number of nitrogens with one attached hydrogen (secondary N) is 1. The van der Waals surface area contributed by atoms with Gasteiger partial charge < -0.3 is 19.7 Å². The van der Waals surface area contributed by atoms with E-state index in [4.69, 9.17) is 0 Å². The smallest absolute Gasteiger partial charge is 0.220 e. The Balaban J connectivity index is 3.68. The average Bonchev–Trinajstić information content (AvgIpc) is 2.30. The van der Waals surface area contributed by atoms with Crippen LogP contribution in [-0.2, 0) is 9.59 Å². The van der Waals surface area contributed by atoms with Crippen LogP contribution in [0.4, 0.5) is 4.39 Å². The first-order chi connectivity index (χ1) is 8.76.